The maximum atomic E-state index is 13.2. The predicted octanol–water partition coefficient (Wildman–Crippen LogP) is 3.38. The second kappa shape index (κ2) is 9.16. The molecule has 0 unspecified atom stereocenters. The van der Waals surface area contributed by atoms with Gasteiger partial charge in [0, 0.05) is 36.9 Å². The zero-order valence-electron chi connectivity index (χ0n) is 18.2. The second-order valence-electron chi connectivity index (χ2n) is 8.21. The van der Waals surface area contributed by atoms with Gasteiger partial charge in [0.15, 0.2) is 5.60 Å². The minimum Gasteiger partial charge on any atom is -0.478 e. The standard InChI is InChI=1S/C22H28ClN3O4S/c1-16-5-8-18(15-20(16)31(28,29)26-13-11-25(4)12-14-26)24-21(27)22(2,3)30-19-9-6-17(23)7-10-19/h5-10,15H,11-14H2,1-4H3,(H,24,27). The molecule has 2 aromatic carbocycles. The molecule has 0 aromatic heterocycles. The van der Waals surface area contributed by atoms with Crippen molar-refractivity contribution in [2.75, 3.05) is 38.5 Å². The molecule has 168 valence electrons. The van der Waals surface area contributed by atoms with Crippen molar-refractivity contribution in [3.63, 3.8) is 0 Å². The van der Waals surface area contributed by atoms with Crippen LogP contribution in [-0.2, 0) is 14.8 Å². The lowest BCUT2D eigenvalue weighted by Crippen LogP contribution is -2.47. The summed E-state index contributed by atoms with van der Waals surface area (Å²) < 4.78 is 33.7. The number of aryl methyl sites for hydroxylation is 1. The van der Waals surface area contributed by atoms with Gasteiger partial charge in [-0.1, -0.05) is 17.7 Å². The first kappa shape index (κ1) is 23.5. The molecule has 0 atom stereocenters. The average molecular weight is 466 g/mol. The predicted molar refractivity (Wildman–Crippen MR) is 122 cm³/mol. The Morgan fingerprint density at radius 1 is 1.06 bits per heavy atom. The number of carbonyl (C=O) groups is 1. The van der Waals surface area contributed by atoms with Crippen LogP contribution in [-0.4, -0.2) is 62.4 Å². The molecule has 0 saturated carbocycles. The number of sulfonamides is 1. The Kier molecular flexibility index (Phi) is 6.95. The number of likely N-dealkylation sites (N-methyl/N-ethyl adjacent to an activating group) is 1. The highest BCUT2D eigenvalue weighted by molar-refractivity contribution is 7.89. The maximum Gasteiger partial charge on any atom is 0.267 e. The Bertz CT molecular complexity index is 1050. The van der Waals surface area contributed by atoms with Crippen LogP contribution < -0.4 is 10.1 Å². The summed E-state index contributed by atoms with van der Waals surface area (Å²) in [6.07, 6.45) is 0. The lowest BCUT2D eigenvalue weighted by molar-refractivity contribution is -0.128. The van der Waals surface area contributed by atoms with Gasteiger partial charge >= 0.3 is 0 Å². The highest BCUT2D eigenvalue weighted by Gasteiger charge is 2.32. The summed E-state index contributed by atoms with van der Waals surface area (Å²) in [5.41, 5.74) is -0.153. The Hall–Kier alpha value is -2.13. The Balaban J connectivity index is 1.77. The molecule has 0 aliphatic carbocycles. The van der Waals surface area contributed by atoms with Crippen LogP contribution in [0.15, 0.2) is 47.4 Å². The lowest BCUT2D eigenvalue weighted by Gasteiger charge is -2.32. The van der Waals surface area contributed by atoms with Crippen LogP contribution in [0, 0.1) is 6.92 Å². The van der Waals surface area contributed by atoms with E-state index in [1.165, 1.54) is 10.4 Å². The summed E-state index contributed by atoms with van der Waals surface area (Å²) in [7, 11) is -1.68. The van der Waals surface area contributed by atoms with Crippen molar-refractivity contribution in [2.45, 2.75) is 31.3 Å². The molecule has 1 heterocycles. The number of halogens is 1. The van der Waals surface area contributed by atoms with Gasteiger partial charge in [-0.15, -0.1) is 0 Å². The van der Waals surface area contributed by atoms with Crippen LogP contribution in [0.4, 0.5) is 5.69 Å². The molecule has 9 heteroatoms. The smallest absolute Gasteiger partial charge is 0.267 e. The number of piperazine rings is 1. The third kappa shape index (κ3) is 5.57. The molecule has 1 aliphatic rings. The molecular formula is C22H28ClN3O4S. The van der Waals surface area contributed by atoms with Gasteiger partial charge in [0.25, 0.3) is 5.91 Å². The van der Waals surface area contributed by atoms with Crippen LogP contribution >= 0.6 is 11.6 Å². The molecule has 0 spiro atoms. The molecule has 3 rings (SSSR count). The van der Waals surface area contributed by atoms with Crippen LogP contribution in [0.5, 0.6) is 5.75 Å². The van der Waals surface area contributed by atoms with E-state index in [0.29, 0.717) is 48.2 Å². The fraction of sp³-hybridized carbons (Fsp3) is 0.409. The van der Waals surface area contributed by atoms with E-state index < -0.39 is 21.5 Å². The summed E-state index contributed by atoms with van der Waals surface area (Å²) in [6, 6.07) is 11.6. The molecule has 1 aliphatic heterocycles. The van der Waals surface area contributed by atoms with E-state index in [-0.39, 0.29) is 4.90 Å². The van der Waals surface area contributed by atoms with Gasteiger partial charge in [0.1, 0.15) is 5.75 Å². The van der Waals surface area contributed by atoms with Gasteiger partial charge in [-0.2, -0.15) is 4.31 Å². The Morgan fingerprint density at radius 3 is 2.29 bits per heavy atom. The molecule has 0 bridgehead atoms. The first-order chi connectivity index (χ1) is 14.5. The van der Waals surface area contributed by atoms with E-state index >= 15 is 0 Å². The van der Waals surface area contributed by atoms with E-state index in [2.05, 4.69) is 10.2 Å². The van der Waals surface area contributed by atoms with Crippen molar-refractivity contribution >= 4 is 33.2 Å². The third-order valence-corrected chi connectivity index (χ3v) is 7.55. The molecule has 1 fully saturated rings. The molecule has 1 saturated heterocycles. The Labute approximate surface area is 189 Å². The van der Waals surface area contributed by atoms with Crippen molar-refractivity contribution in [2.24, 2.45) is 0 Å². The second-order valence-corrected chi connectivity index (χ2v) is 10.6. The molecule has 1 N–H and O–H groups in total. The lowest BCUT2D eigenvalue weighted by atomic mass is 10.1. The first-order valence-corrected chi connectivity index (χ1v) is 11.9. The summed E-state index contributed by atoms with van der Waals surface area (Å²) in [6.45, 7) is 7.30. The van der Waals surface area contributed by atoms with Crippen LogP contribution in [0.2, 0.25) is 5.02 Å². The highest BCUT2D eigenvalue weighted by Crippen LogP contribution is 2.26. The largest absolute Gasteiger partial charge is 0.478 e. The number of hydrogen-bond acceptors (Lipinski definition) is 5. The van der Waals surface area contributed by atoms with E-state index in [1.54, 1.807) is 57.2 Å². The fourth-order valence-corrected chi connectivity index (χ4v) is 5.05. The average Bonchev–Trinajstić information content (AvgIpc) is 2.71. The number of amides is 1. The topological polar surface area (TPSA) is 78.9 Å². The number of nitrogens with one attached hydrogen (secondary N) is 1. The number of hydrogen-bond donors (Lipinski definition) is 1. The number of anilines is 1. The number of carbonyl (C=O) groups excluding carboxylic acids is 1. The zero-order valence-corrected chi connectivity index (χ0v) is 19.8. The van der Waals surface area contributed by atoms with Crippen molar-refractivity contribution in [1.82, 2.24) is 9.21 Å². The van der Waals surface area contributed by atoms with E-state index in [1.807, 2.05) is 7.05 Å². The van der Waals surface area contributed by atoms with Crippen molar-refractivity contribution < 1.29 is 17.9 Å². The van der Waals surface area contributed by atoms with Gasteiger partial charge in [-0.3, -0.25) is 4.79 Å². The number of nitrogens with zero attached hydrogens (tertiary/aromatic N) is 2. The molecule has 1 amide bonds. The van der Waals surface area contributed by atoms with Crippen LogP contribution in [0.1, 0.15) is 19.4 Å². The van der Waals surface area contributed by atoms with Gasteiger partial charge in [-0.25, -0.2) is 8.42 Å². The van der Waals surface area contributed by atoms with Gasteiger partial charge in [-0.05, 0) is 69.8 Å². The number of ether oxygens (including phenoxy) is 1. The van der Waals surface area contributed by atoms with E-state index in [9.17, 15) is 13.2 Å². The molecule has 31 heavy (non-hydrogen) atoms. The molecule has 0 radical (unpaired) electrons. The summed E-state index contributed by atoms with van der Waals surface area (Å²) >= 11 is 5.89. The highest BCUT2D eigenvalue weighted by atomic mass is 35.5. The van der Waals surface area contributed by atoms with Crippen molar-refractivity contribution in [3.8, 4) is 5.75 Å². The quantitative estimate of drug-likeness (QED) is 0.707. The van der Waals surface area contributed by atoms with Crippen LogP contribution in [0.25, 0.3) is 0 Å². The summed E-state index contributed by atoms with van der Waals surface area (Å²) in [5.74, 6) is 0.112. The third-order valence-electron chi connectivity index (χ3n) is 5.26. The van der Waals surface area contributed by atoms with E-state index in [4.69, 9.17) is 16.3 Å². The molecule has 7 nitrogen and oxygen atoms in total. The minimum absolute atomic E-state index is 0.200. The van der Waals surface area contributed by atoms with Gasteiger partial charge in [0.2, 0.25) is 10.0 Å². The zero-order chi connectivity index (χ0) is 22.8. The SMILES string of the molecule is Cc1ccc(NC(=O)C(C)(C)Oc2ccc(Cl)cc2)cc1S(=O)(=O)N1CCN(C)CC1. The minimum atomic E-state index is -3.65. The van der Waals surface area contributed by atoms with Crippen molar-refractivity contribution in [1.29, 1.82) is 0 Å². The summed E-state index contributed by atoms with van der Waals surface area (Å²) in [5, 5.41) is 3.35. The fourth-order valence-electron chi connectivity index (χ4n) is 3.25. The first-order valence-electron chi connectivity index (χ1n) is 10.0. The van der Waals surface area contributed by atoms with E-state index in [0.717, 1.165) is 0 Å². The number of benzene rings is 2. The van der Waals surface area contributed by atoms with Gasteiger partial charge in [0.05, 0.1) is 4.90 Å². The van der Waals surface area contributed by atoms with Gasteiger partial charge < -0.3 is 15.0 Å². The normalized spacial score (nSPS) is 16.2. The van der Waals surface area contributed by atoms with Crippen LogP contribution in [0.3, 0.4) is 0 Å². The van der Waals surface area contributed by atoms with Crippen molar-refractivity contribution in [3.05, 3.63) is 53.1 Å². The monoisotopic (exact) mass is 465 g/mol. The summed E-state index contributed by atoms with van der Waals surface area (Å²) in [4.78, 5) is 15.2. The number of rotatable bonds is 6. The molecule has 2 aromatic rings. The maximum absolute atomic E-state index is 13.2. The Morgan fingerprint density at radius 2 is 1.68 bits per heavy atom. The molecular weight excluding hydrogens is 438 g/mol.